The molecule has 3 rings (SSSR count). The van der Waals surface area contributed by atoms with Crippen LogP contribution in [0.5, 0.6) is 11.5 Å². The number of amides is 4. The topological polar surface area (TPSA) is 97.0 Å². The van der Waals surface area contributed by atoms with E-state index < -0.39 is 23.0 Å². The minimum Gasteiger partial charge on any atom is -0.454 e. The quantitative estimate of drug-likeness (QED) is 0.736. The molecule has 27 heavy (non-hydrogen) atoms. The molecule has 0 aromatic heterocycles. The van der Waals surface area contributed by atoms with E-state index in [2.05, 4.69) is 10.6 Å². The normalized spacial score (nSPS) is 21.4. The van der Waals surface area contributed by atoms with Crippen LogP contribution in [0.25, 0.3) is 0 Å². The number of fused-ring (bicyclic) bond motifs is 1. The average molecular weight is 375 g/mol. The van der Waals surface area contributed by atoms with Gasteiger partial charge >= 0.3 is 6.03 Å². The van der Waals surface area contributed by atoms with E-state index in [-0.39, 0.29) is 25.7 Å². The third-order valence-electron chi connectivity index (χ3n) is 5.00. The van der Waals surface area contributed by atoms with Crippen LogP contribution in [0.3, 0.4) is 0 Å². The van der Waals surface area contributed by atoms with Gasteiger partial charge in [-0.05, 0) is 44.9 Å². The first-order valence-corrected chi connectivity index (χ1v) is 8.97. The monoisotopic (exact) mass is 375 g/mol. The molecule has 2 aliphatic heterocycles. The Bertz CT molecular complexity index is 792. The van der Waals surface area contributed by atoms with Crippen molar-refractivity contribution >= 4 is 17.8 Å². The first-order chi connectivity index (χ1) is 12.6. The summed E-state index contributed by atoms with van der Waals surface area (Å²) in [6.45, 7) is 7.26. The van der Waals surface area contributed by atoms with Crippen molar-refractivity contribution in [1.29, 1.82) is 0 Å². The van der Waals surface area contributed by atoms with Gasteiger partial charge in [-0.15, -0.1) is 0 Å². The fourth-order valence-electron chi connectivity index (χ4n) is 3.12. The Hall–Kier alpha value is -2.77. The highest BCUT2D eigenvalue weighted by molar-refractivity contribution is 6.09. The number of rotatable bonds is 6. The predicted molar refractivity (Wildman–Crippen MR) is 97.4 cm³/mol. The molecule has 1 aromatic carbocycles. The van der Waals surface area contributed by atoms with Crippen molar-refractivity contribution in [2.45, 2.75) is 51.6 Å². The van der Waals surface area contributed by atoms with E-state index in [9.17, 15) is 14.4 Å². The lowest BCUT2D eigenvalue weighted by Gasteiger charge is -2.26. The van der Waals surface area contributed by atoms with Crippen LogP contribution >= 0.6 is 0 Å². The highest BCUT2D eigenvalue weighted by atomic mass is 16.7. The second-order valence-electron chi connectivity index (χ2n) is 7.80. The lowest BCUT2D eigenvalue weighted by atomic mass is 9.92. The van der Waals surface area contributed by atoms with E-state index in [4.69, 9.17) is 9.47 Å². The first-order valence-electron chi connectivity index (χ1n) is 8.97. The van der Waals surface area contributed by atoms with Crippen LogP contribution in [-0.4, -0.2) is 47.2 Å². The molecule has 1 fully saturated rings. The maximum atomic E-state index is 12.9. The molecule has 0 saturated carbocycles. The van der Waals surface area contributed by atoms with E-state index in [1.165, 1.54) is 0 Å². The van der Waals surface area contributed by atoms with Crippen LogP contribution in [0.4, 0.5) is 4.79 Å². The summed E-state index contributed by atoms with van der Waals surface area (Å²) in [6, 6.07) is 4.84. The SMILES string of the molecule is CCC(C)(C)NC(=O)CN1C(=O)N[C@@](C)(Cc2ccc3c(c2)OCO3)C1=O. The van der Waals surface area contributed by atoms with Gasteiger partial charge in [-0.3, -0.25) is 14.5 Å². The summed E-state index contributed by atoms with van der Waals surface area (Å²) >= 11 is 0. The molecule has 0 aliphatic carbocycles. The summed E-state index contributed by atoms with van der Waals surface area (Å²) in [5.74, 6) is 0.487. The van der Waals surface area contributed by atoms with Crippen LogP contribution in [-0.2, 0) is 16.0 Å². The van der Waals surface area contributed by atoms with Crippen molar-refractivity contribution in [2.24, 2.45) is 0 Å². The Labute approximate surface area is 158 Å². The molecule has 1 aromatic rings. The van der Waals surface area contributed by atoms with Gasteiger partial charge in [0.25, 0.3) is 5.91 Å². The molecule has 1 atom stereocenters. The van der Waals surface area contributed by atoms with E-state index in [1.807, 2.05) is 26.8 Å². The van der Waals surface area contributed by atoms with E-state index in [0.29, 0.717) is 11.5 Å². The number of carbonyl (C=O) groups excluding carboxylic acids is 3. The highest BCUT2D eigenvalue weighted by Crippen LogP contribution is 2.34. The molecular weight excluding hydrogens is 350 g/mol. The third kappa shape index (κ3) is 3.84. The molecule has 8 heteroatoms. The van der Waals surface area contributed by atoms with Crippen LogP contribution in [0.1, 0.15) is 39.7 Å². The van der Waals surface area contributed by atoms with Gasteiger partial charge in [-0.1, -0.05) is 13.0 Å². The summed E-state index contributed by atoms with van der Waals surface area (Å²) in [6.07, 6.45) is 1.02. The fourth-order valence-corrected chi connectivity index (χ4v) is 3.12. The van der Waals surface area contributed by atoms with Crippen molar-refractivity contribution < 1.29 is 23.9 Å². The Balaban J connectivity index is 1.70. The Morgan fingerprint density at radius 2 is 2.00 bits per heavy atom. The largest absolute Gasteiger partial charge is 0.454 e. The number of hydrogen-bond acceptors (Lipinski definition) is 5. The van der Waals surface area contributed by atoms with E-state index in [1.54, 1.807) is 19.1 Å². The second-order valence-corrected chi connectivity index (χ2v) is 7.80. The Morgan fingerprint density at radius 1 is 1.30 bits per heavy atom. The smallest absolute Gasteiger partial charge is 0.325 e. The van der Waals surface area contributed by atoms with Crippen molar-refractivity contribution in [3.8, 4) is 11.5 Å². The van der Waals surface area contributed by atoms with Gasteiger partial charge in [0.2, 0.25) is 12.7 Å². The maximum Gasteiger partial charge on any atom is 0.325 e. The number of hydrogen-bond donors (Lipinski definition) is 2. The Kier molecular flexibility index (Phi) is 4.75. The van der Waals surface area contributed by atoms with Gasteiger partial charge in [0, 0.05) is 12.0 Å². The van der Waals surface area contributed by atoms with Crippen molar-refractivity contribution in [3.05, 3.63) is 23.8 Å². The summed E-state index contributed by atoms with van der Waals surface area (Å²) in [4.78, 5) is 38.4. The number of nitrogens with one attached hydrogen (secondary N) is 2. The maximum absolute atomic E-state index is 12.9. The summed E-state index contributed by atoms with van der Waals surface area (Å²) in [5, 5.41) is 5.55. The molecule has 4 amide bonds. The predicted octanol–water partition coefficient (Wildman–Crippen LogP) is 1.57. The van der Waals surface area contributed by atoms with Crippen molar-refractivity contribution in [1.82, 2.24) is 15.5 Å². The molecule has 2 aliphatic rings. The molecule has 0 bridgehead atoms. The zero-order valence-electron chi connectivity index (χ0n) is 16.0. The molecule has 1 saturated heterocycles. The number of nitrogens with zero attached hydrogens (tertiary/aromatic N) is 1. The van der Waals surface area contributed by atoms with Crippen LogP contribution in [0.15, 0.2) is 18.2 Å². The average Bonchev–Trinajstić information content (AvgIpc) is 3.13. The zero-order chi connectivity index (χ0) is 19.8. The lowest BCUT2D eigenvalue weighted by molar-refractivity contribution is -0.135. The van der Waals surface area contributed by atoms with Gasteiger partial charge < -0.3 is 20.1 Å². The molecular formula is C19H25N3O5. The zero-order valence-corrected chi connectivity index (χ0v) is 16.0. The number of ether oxygens (including phenoxy) is 2. The number of imide groups is 1. The van der Waals surface area contributed by atoms with Gasteiger partial charge in [0.1, 0.15) is 12.1 Å². The minimum atomic E-state index is -1.12. The lowest BCUT2D eigenvalue weighted by Crippen LogP contribution is -2.49. The second kappa shape index (κ2) is 6.75. The standard InChI is InChI=1S/C19H25N3O5/c1-5-18(2,3)20-15(23)10-22-16(24)19(4,21-17(22)25)9-12-6-7-13-14(8-12)27-11-26-13/h6-8H,5,9-11H2,1-4H3,(H,20,23)(H,21,25)/t19-/m0/s1. The van der Waals surface area contributed by atoms with Crippen LogP contribution in [0.2, 0.25) is 0 Å². The fraction of sp³-hybridized carbons (Fsp3) is 0.526. The number of carbonyl (C=O) groups is 3. The van der Waals surface area contributed by atoms with Crippen LogP contribution < -0.4 is 20.1 Å². The number of benzene rings is 1. The molecule has 2 heterocycles. The van der Waals surface area contributed by atoms with Gasteiger partial charge in [0.15, 0.2) is 11.5 Å². The van der Waals surface area contributed by atoms with Gasteiger partial charge in [0.05, 0.1) is 0 Å². The molecule has 8 nitrogen and oxygen atoms in total. The summed E-state index contributed by atoms with van der Waals surface area (Å²) in [7, 11) is 0. The minimum absolute atomic E-state index is 0.169. The first kappa shape index (κ1) is 19.0. The Morgan fingerprint density at radius 3 is 2.70 bits per heavy atom. The van der Waals surface area contributed by atoms with Crippen molar-refractivity contribution in [2.75, 3.05) is 13.3 Å². The molecule has 0 radical (unpaired) electrons. The third-order valence-corrected chi connectivity index (χ3v) is 5.00. The molecule has 2 N–H and O–H groups in total. The van der Waals surface area contributed by atoms with Gasteiger partial charge in [-0.25, -0.2) is 4.79 Å². The molecule has 0 unspecified atom stereocenters. The molecule has 0 spiro atoms. The summed E-state index contributed by atoms with van der Waals surface area (Å²) < 4.78 is 10.6. The van der Waals surface area contributed by atoms with Crippen LogP contribution in [0, 0.1) is 0 Å². The number of urea groups is 1. The van der Waals surface area contributed by atoms with Gasteiger partial charge in [-0.2, -0.15) is 0 Å². The summed E-state index contributed by atoms with van der Waals surface area (Å²) in [5.41, 5.74) is -0.689. The van der Waals surface area contributed by atoms with E-state index >= 15 is 0 Å². The van der Waals surface area contributed by atoms with Crippen molar-refractivity contribution in [3.63, 3.8) is 0 Å². The van der Waals surface area contributed by atoms with E-state index in [0.717, 1.165) is 16.9 Å². The highest BCUT2D eigenvalue weighted by Gasteiger charge is 2.48. The molecule has 146 valence electrons.